The number of nitrogens with zero attached hydrogens (tertiary/aromatic N) is 2. The molecule has 1 aromatic carbocycles. The second-order valence-electron chi connectivity index (χ2n) is 3.90. The number of nitrogens with one attached hydrogen (secondary N) is 1. The molecule has 1 atom stereocenters. The zero-order valence-corrected chi connectivity index (χ0v) is 9.81. The molecule has 0 amide bonds. The van der Waals surface area contributed by atoms with E-state index in [0.29, 0.717) is 5.82 Å². The maximum absolute atomic E-state index is 13.2. The molecule has 0 fully saturated rings. The maximum Gasteiger partial charge on any atom is 0.149 e. The minimum atomic E-state index is -0.255. The number of benzene rings is 1. The van der Waals surface area contributed by atoms with Crippen LogP contribution in [-0.2, 0) is 0 Å². The topological polar surface area (TPSA) is 37.8 Å². The van der Waals surface area contributed by atoms with Gasteiger partial charge in [-0.15, -0.1) is 0 Å². The van der Waals surface area contributed by atoms with Crippen molar-refractivity contribution in [3.05, 3.63) is 59.4 Å². The highest BCUT2D eigenvalue weighted by molar-refractivity contribution is 5.25. The predicted molar refractivity (Wildman–Crippen MR) is 64.1 cm³/mol. The molecule has 2 rings (SSSR count). The number of halogens is 1. The number of aryl methyl sites for hydroxylation is 1. The van der Waals surface area contributed by atoms with Gasteiger partial charge in [0.05, 0.1) is 6.04 Å². The quantitative estimate of drug-likeness (QED) is 0.880. The minimum Gasteiger partial charge on any atom is -0.307 e. The molecule has 0 saturated carbocycles. The monoisotopic (exact) mass is 231 g/mol. The van der Waals surface area contributed by atoms with Gasteiger partial charge in [0.15, 0.2) is 0 Å². The van der Waals surface area contributed by atoms with E-state index in [1.165, 1.54) is 12.1 Å². The van der Waals surface area contributed by atoms with Crippen LogP contribution in [0, 0.1) is 12.7 Å². The minimum absolute atomic E-state index is 0.189. The average Bonchev–Trinajstić information content (AvgIpc) is 2.33. The fourth-order valence-corrected chi connectivity index (χ4v) is 1.68. The highest BCUT2D eigenvalue weighted by Crippen LogP contribution is 2.18. The van der Waals surface area contributed by atoms with E-state index < -0.39 is 0 Å². The van der Waals surface area contributed by atoms with E-state index in [4.69, 9.17) is 0 Å². The van der Waals surface area contributed by atoms with Crippen molar-refractivity contribution in [1.82, 2.24) is 15.3 Å². The fourth-order valence-electron chi connectivity index (χ4n) is 1.68. The molecule has 3 nitrogen and oxygen atoms in total. The normalized spacial score (nSPS) is 12.4. The smallest absolute Gasteiger partial charge is 0.149 e. The Bertz CT molecular complexity index is 496. The van der Waals surface area contributed by atoms with Crippen LogP contribution in [0.3, 0.4) is 0 Å². The van der Waals surface area contributed by atoms with Crippen LogP contribution in [0.15, 0.2) is 36.7 Å². The summed E-state index contributed by atoms with van der Waals surface area (Å²) in [5.74, 6) is 0.388. The second-order valence-corrected chi connectivity index (χ2v) is 3.90. The van der Waals surface area contributed by atoms with Crippen molar-refractivity contribution in [2.75, 3.05) is 7.05 Å². The summed E-state index contributed by atoms with van der Waals surface area (Å²) < 4.78 is 13.2. The first kappa shape index (κ1) is 11.7. The van der Waals surface area contributed by atoms with Crippen molar-refractivity contribution >= 4 is 0 Å². The molecule has 0 bridgehead atoms. The molecule has 88 valence electrons. The van der Waals surface area contributed by atoms with E-state index >= 15 is 0 Å². The molecular weight excluding hydrogens is 217 g/mol. The van der Waals surface area contributed by atoms with Crippen molar-refractivity contribution in [3.8, 4) is 0 Å². The molecule has 0 aliphatic rings. The summed E-state index contributed by atoms with van der Waals surface area (Å²) in [6, 6.07) is 6.26. The Labute approximate surface area is 99.7 Å². The SMILES string of the molecule is CNC(c1cccc(F)c1)c1ncc(C)cn1. The molecule has 0 saturated heterocycles. The molecule has 1 unspecified atom stereocenters. The first-order valence-electron chi connectivity index (χ1n) is 5.42. The third-order valence-corrected chi connectivity index (χ3v) is 2.53. The Morgan fingerprint density at radius 3 is 2.53 bits per heavy atom. The molecule has 1 heterocycles. The number of hydrogen-bond donors (Lipinski definition) is 1. The third-order valence-electron chi connectivity index (χ3n) is 2.53. The van der Waals surface area contributed by atoms with Gasteiger partial charge >= 0.3 is 0 Å². The third kappa shape index (κ3) is 2.65. The summed E-state index contributed by atoms with van der Waals surface area (Å²) in [4.78, 5) is 8.52. The van der Waals surface area contributed by atoms with E-state index in [2.05, 4.69) is 15.3 Å². The Balaban J connectivity index is 2.36. The summed E-state index contributed by atoms with van der Waals surface area (Å²) in [6.07, 6.45) is 3.51. The van der Waals surface area contributed by atoms with Gasteiger partial charge < -0.3 is 5.32 Å². The van der Waals surface area contributed by atoms with Gasteiger partial charge in [-0.25, -0.2) is 14.4 Å². The van der Waals surface area contributed by atoms with Crippen molar-refractivity contribution in [1.29, 1.82) is 0 Å². The van der Waals surface area contributed by atoms with Crippen LogP contribution in [-0.4, -0.2) is 17.0 Å². The Hall–Kier alpha value is -1.81. The van der Waals surface area contributed by atoms with E-state index in [-0.39, 0.29) is 11.9 Å². The van der Waals surface area contributed by atoms with E-state index in [9.17, 15) is 4.39 Å². The zero-order valence-electron chi connectivity index (χ0n) is 9.81. The first-order chi connectivity index (χ1) is 8.20. The predicted octanol–water partition coefficient (Wildman–Crippen LogP) is 2.23. The lowest BCUT2D eigenvalue weighted by atomic mass is 10.1. The van der Waals surface area contributed by atoms with Gasteiger partial charge in [0.25, 0.3) is 0 Å². The molecule has 1 aromatic heterocycles. The van der Waals surface area contributed by atoms with Gasteiger partial charge in [-0.2, -0.15) is 0 Å². The lowest BCUT2D eigenvalue weighted by Gasteiger charge is -2.15. The fraction of sp³-hybridized carbons (Fsp3) is 0.231. The molecule has 4 heteroatoms. The van der Waals surface area contributed by atoms with E-state index in [1.807, 2.05) is 13.0 Å². The molecule has 0 aliphatic carbocycles. The molecular formula is C13H14FN3. The van der Waals surface area contributed by atoms with Crippen molar-refractivity contribution in [2.45, 2.75) is 13.0 Å². The van der Waals surface area contributed by atoms with E-state index in [1.54, 1.807) is 25.5 Å². The lowest BCUT2D eigenvalue weighted by Crippen LogP contribution is -2.20. The molecule has 0 spiro atoms. The van der Waals surface area contributed by atoms with Gasteiger partial charge in [0, 0.05) is 12.4 Å². The van der Waals surface area contributed by atoms with Gasteiger partial charge in [-0.1, -0.05) is 12.1 Å². The maximum atomic E-state index is 13.2. The lowest BCUT2D eigenvalue weighted by molar-refractivity contribution is 0.608. The molecule has 0 radical (unpaired) electrons. The average molecular weight is 231 g/mol. The second kappa shape index (κ2) is 5.01. The summed E-state index contributed by atoms with van der Waals surface area (Å²) in [5, 5.41) is 3.09. The van der Waals surface area contributed by atoms with Gasteiger partial charge in [-0.05, 0) is 37.2 Å². The van der Waals surface area contributed by atoms with Crippen LogP contribution < -0.4 is 5.32 Å². The molecule has 0 aliphatic heterocycles. The Morgan fingerprint density at radius 1 is 1.24 bits per heavy atom. The van der Waals surface area contributed by atoms with Crippen LogP contribution in [0.25, 0.3) is 0 Å². The van der Waals surface area contributed by atoms with E-state index in [0.717, 1.165) is 11.1 Å². The Kier molecular flexibility index (Phi) is 3.44. The van der Waals surface area contributed by atoms with Crippen molar-refractivity contribution < 1.29 is 4.39 Å². The van der Waals surface area contributed by atoms with Crippen LogP contribution in [0.5, 0.6) is 0 Å². The standard InChI is InChI=1S/C13H14FN3/c1-9-7-16-13(17-8-9)12(15-2)10-4-3-5-11(14)6-10/h3-8,12,15H,1-2H3. The van der Waals surface area contributed by atoms with Gasteiger partial charge in [0.2, 0.25) is 0 Å². The van der Waals surface area contributed by atoms with Crippen molar-refractivity contribution in [2.24, 2.45) is 0 Å². The molecule has 1 N–H and O–H groups in total. The zero-order chi connectivity index (χ0) is 12.3. The first-order valence-corrected chi connectivity index (χ1v) is 5.42. The highest BCUT2D eigenvalue weighted by Gasteiger charge is 2.14. The highest BCUT2D eigenvalue weighted by atomic mass is 19.1. The number of hydrogen-bond acceptors (Lipinski definition) is 3. The Morgan fingerprint density at radius 2 is 1.94 bits per heavy atom. The van der Waals surface area contributed by atoms with Crippen LogP contribution in [0.1, 0.15) is 23.0 Å². The van der Waals surface area contributed by atoms with Gasteiger partial charge in [0.1, 0.15) is 11.6 Å². The summed E-state index contributed by atoms with van der Waals surface area (Å²) in [5.41, 5.74) is 1.82. The number of aromatic nitrogens is 2. The van der Waals surface area contributed by atoms with Crippen LogP contribution in [0.4, 0.5) is 4.39 Å². The van der Waals surface area contributed by atoms with Crippen LogP contribution in [0.2, 0.25) is 0 Å². The summed E-state index contributed by atoms with van der Waals surface area (Å²) >= 11 is 0. The largest absolute Gasteiger partial charge is 0.307 e. The molecule has 2 aromatic rings. The molecule has 17 heavy (non-hydrogen) atoms. The summed E-state index contributed by atoms with van der Waals surface area (Å²) in [7, 11) is 1.80. The summed E-state index contributed by atoms with van der Waals surface area (Å²) in [6.45, 7) is 1.93. The van der Waals surface area contributed by atoms with Crippen LogP contribution >= 0.6 is 0 Å². The number of rotatable bonds is 3. The van der Waals surface area contributed by atoms with Gasteiger partial charge in [-0.3, -0.25) is 0 Å². The van der Waals surface area contributed by atoms with Crippen molar-refractivity contribution in [3.63, 3.8) is 0 Å².